The smallest absolute Gasteiger partial charge is 0.170 e. The van der Waals surface area contributed by atoms with Gasteiger partial charge in [0.05, 0.1) is 13.0 Å². The summed E-state index contributed by atoms with van der Waals surface area (Å²) in [4.78, 5) is 13.2. The molecule has 0 N–H and O–H groups in total. The molecule has 0 aromatic heterocycles. The van der Waals surface area contributed by atoms with Crippen molar-refractivity contribution in [2.24, 2.45) is 5.92 Å². The van der Waals surface area contributed by atoms with Gasteiger partial charge >= 0.3 is 0 Å². The molecule has 1 aliphatic rings. The number of carbonyl (C=O) groups is 1. The lowest BCUT2D eigenvalue weighted by molar-refractivity contribution is 0.0913. The largest absolute Gasteiger partial charge is 0.497 e. The first-order valence-electron chi connectivity index (χ1n) is 8.53. The SMILES string of the molecule is COc1ccc(C(=O)C(c2ccccc2)C2CCCCC2)cc1. The van der Waals surface area contributed by atoms with E-state index in [4.69, 9.17) is 4.74 Å². The van der Waals surface area contributed by atoms with Gasteiger partial charge < -0.3 is 4.74 Å². The third-order valence-corrected chi connectivity index (χ3v) is 4.94. The van der Waals surface area contributed by atoms with E-state index in [9.17, 15) is 4.79 Å². The number of methoxy groups -OCH3 is 1. The molecule has 2 aromatic carbocycles. The van der Waals surface area contributed by atoms with E-state index in [2.05, 4.69) is 12.1 Å². The summed E-state index contributed by atoms with van der Waals surface area (Å²) in [5.41, 5.74) is 1.94. The van der Waals surface area contributed by atoms with Crippen LogP contribution in [0.4, 0.5) is 0 Å². The first-order valence-corrected chi connectivity index (χ1v) is 8.53. The Labute approximate surface area is 138 Å². The first-order chi connectivity index (χ1) is 11.3. The Morgan fingerprint density at radius 2 is 1.61 bits per heavy atom. The van der Waals surface area contributed by atoms with Crippen LogP contribution in [-0.4, -0.2) is 12.9 Å². The molecule has 0 spiro atoms. The summed E-state index contributed by atoms with van der Waals surface area (Å²) in [6.45, 7) is 0. The average Bonchev–Trinajstić information content (AvgIpc) is 2.64. The molecule has 0 amide bonds. The van der Waals surface area contributed by atoms with Gasteiger partial charge in [-0.1, -0.05) is 49.6 Å². The highest BCUT2D eigenvalue weighted by molar-refractivity contribution is 6.01. The van der Waals surface area contributed by atoms with Crippen molar-refractivity contribution in [1.82, 2.24) is 0 Å². The van der Waals surface area contributed by atoms with Gasteiger partial charge in [-0.05, 0) is 48.6 Å². The van der Waals surface area contributed by atoms with Crippen LogP contribution in [0, 0.1) is 5.92 Å². The Bertz CT molecular complexity index is 625. The molecular weight excluding hydrogens is 284 g/mol. The lowest BCUT2D eigenvalue weighted by atomic mass is 9.73. The number of ketones is 1. The molecule has 0 radical (unpaired) electrons. The summed E-state index contributed by atoms with van der Waals surface area (Å²) in [7, 11) is 1.64. The van der Waals surface area contributed by atoms with Crippen LogP contribution in [0.3, 0.4) is 0 Å². The van der Waals surface area contributed by atoms with Gasteiger partial charge in [-0.3, -0.25) is 4.79 Å². The monoisotopic (exact) mass is 308 g/mol. The minimum atomic E-state index is -0.0232. The molecule has 2 nitrogen and oxygen atoms in total. The number of hydrogen-bond donors (Lipinski definition) is 0. The lowest BCUT2D eigenvalue weighted by Crippen LogP contribution is -2.24. The first kappa shape index (κ1) is 15.8. The quantitative estimate of drug-likeness (QED) is 0.706. The van der Waals surface area contributed by atoms with E-state index in [1.807, 2.05) is 42.5 Å². The van der Waals surface area contributed by atoms with Crippen LogP contribution < -0.4 is 4.74 Å². The third-order valence-electron chi connectivity index (χ3n) is 4.94. The van der Waals surface area contributed by atoms with Crippen molar-refractivity contribution < 1.29 is 9.53 Å². The molecule has 1 saturated carbocycles. The van der Waals surface area contributed by atoms with Crippen molar-refractivity contribution in [3.63, 3.8) is 0 Å². The highest BCUT2D eigenvalue weighted by Crippen LogP contribution is 2.38. The molecule has 1 unspecified atom stereocenters. The second-order valence-corrected chi connectivity index (χ2v) is 6.38. The summed E-state index contributed by atoms with van der Waals surface area (Å²) >= 11 is 0. The average molecular weight is 308 g/mol. The van der Waals surface area contributed by atoms with Crippen LogP contribution in [0.5, 0.6) is 5.75 Å². The molecule has 120 valence electrons. The maximum absolute atomic E-state index is 13.2. The van der Waals surface area contributed by atoms with Gasteiger partial charge in [0.25, 0.3) is 0 Å². The normalized spacial score (nSPS) is 16.7. The number of hydrogen-bond acceptors (Lipinski definition) is 2. The lowest BCUT2D eigenvalue weighted by Gasteiger charge is -2.30. The maximum Gasteiger partial charge on any atom is 0.170 e. The van der Waals surface area contributed by atoms with Crippen LogP contribution in [0.25, 0.3) is 0 Å². The third kappa shape index (κ3) is 3.64. The van der Waals surface area contributed by atoms with Gasteiger partial charge in [-0.2, -0.15) is 0 Å². The molecule has 1 fully saturated rings. The summed E-state index contributed by atoms with van der Waals surface area (Å²) < 4.78 is 5.20. The second-order valence-electron chi connectivity index (χ2n) is 6.38. The van der Waals surface area contributed by atoms with Crippen molar-refractivity contribution in [3.8, 4) is 5.75 Å². The standard InChI is InChI=1S/C21H24O2/c1-23-19-14-12-18(13-15-19)21(22)20(16-8-4-2-5-9-16)17-10-6-3-7-11-17/h2,4-5,8-9,12-15,17,20H,3,6-7,10-11H2,1H3. The van der Waals surface area contributed by atoms with Gasteiger partial charge in [0.1, 0.15) is 5.75 Å². The Morgan fingerprint density at radius 3 is 2.22 bits per heavy atom. The number of carbonyl (C=O) groups excluding carboxylic acids is 1. The highest BCUT2D eigenvalue weighted by atomic mass is 16.5. The Morgan fingerprint density at radius 1 is 0.957 bits per heavy atom. The topological polar surface area (TPSA) is 26.3 Å². The van der Waals surface area contributed by atoms with E-state index in [0.29, 0.717) is 5.92 Å². The van der Waals surface area contributed by atoms with Gasteiger partial charge in [0.2, 0.25) is 0 Å². The fraction of sp³-hybridized carbons (Fsp3) is 0.381. The van der Waals surface area contributed by atoms with Crippen molar-refractivity contribution in [2.45, 2.75) is 38.0 Å². The molecule has 2 heteroatoms. The summed E-state index contributed by atoms with van der Waals surface area (Å²) in [5.74, 6) is 1.46. The zero-order valence-electron chi connectivity index (χ0n) is 13.7. The predicted molar refractivity (Wildman–Crippen MR) is 93.1 cm³/mol. The zero-order valence-corrected chi connectivity index (χ0v) is 13.7. The van der Waals surface area contributed by atoms with E-state index in [1.54, 1.807) is 7.11 Å². The Balaban J connectivity index is 1.91. The molecule has 0 bridgehead atoms. The van der Waals surface area contributed by atoms with E-state index >= 15 is 0 Å². The van der Waals surface area contributed by atoms with Crippen LogP contribution in [0.15, 0.2) is 54.6 Å². The fourth-order valence-corrected chi connectivity index (χ4v) is 3.70. The van der Waals surface area contributed by atoms with E-state index in [-0.39, 0.29) is 11.7 Å². The Kier molecular flexibility index (Phi) is 5.12. The van der Waals surface area contributed by atoms with E-state index in [0.717, 1.165) is 29.7 Å². The summed E-state index contributed by atoms with van der Waals surface area (Å²) in [6, 6.07) is 17.8. The van der Waals surface area contributed by atoms with Crippen LogP contribution in [-0.2, 0) is 0 Å². The molecular formula is C21H24O2. The minimum absolute atomic E-state index is 0.0232. The molecule has 1 atom stereocenters. The summed E-state index contributed by atoms with van der Waals surface area (Å²) in [5, 5.41) is 0. The van der Waals surface area contributed by atoms with Gasteiger partial charge in [0.15, 0.2) is 5.78 Å². The van der Waals surface area contributed by atoms with Crippen molar-refractivity contribution in [3.05, 3.63) is 65.7 Å². The Hall–Kier alpha value is -2.09. The predicted octanol–water partition coefficient (Wildman–Crippen LogP) is 5.24. The second kappa shape index (κ2) is 7.45. The van der Waals surface area contributed by atoms with Crippen molar-refractivity contribution in [2.75, 3.05) is 7.11 Å². The van der Waals surface area contributed by atoms with Crippen LogP contribution in [0.1, 0.15) is 53.9 Å². The fourth-order valence-electron chi connectivity index (χ4n) is 3.70. The van der Waals surface area contributed by atoms with Gasteiger partial charge in [-0.15, -0.1) is 0 Å². The molecule has 0 saturated heterocycles. The number of benzene rings is 2. The van der Waals surface area contributed by atoms with Crippen LogP contribution in [0.2, 0.25) is 0 Å². The number of Topliss-reactive ketones (excluding diaryl/α,β-unsaturated/α-hetero) is 1. The van der Waals surface area contributed by atoms with E-state index in [1.165, 1.54) is 19.3 Å². The molecule has 3 rings (SSSR count). The van der Waals surface area contributed by atoms with Crippen molar-refractivity contribution >= 4 is 5.78 Å². The maximum atomic E-state index is 13.2. The van der Waals surface area contributed by atoms with Crippen molar-refractivity contribution in [1.29, 1.82) is 0 Å². The van der Waals surface area contributed by atoms with Gasteiger partial charge in [0, 0.05) is 5.56 Å². The highest BCUT2D eigenvalue weighted by Gasteiger charge is 2.31. The van der Waals surface area contributed by atoms with Crippen LogP contribution >= 0.6 is 0 Å². The molecule has 23 heavy (non-hydrogen) atoms. The molecule has 0 aliphatic heterocycles. The van der Waals surface area contributed by atoms with E-state index < -0.39 is 0 Å². The molecule has 1 aliphatic carbocycles. The molecule has 2 aromatic rings. The minimum Gasteiger partial charge on any atom is -0.497 e. The number of ether oxygens (including phenoxy) is 1. The summed E-state index contributed by atoms with van der Waals surface area (Å²) in [6.07, 6.45) is 6.09. The zero-order chi connectivity index (χ0) is 16.1. The molecule has 0 heterocycles. The number of rotatable bonds is 5. The van der Waals surface area contributed by atoms with Gasteiger partial charge in [-0.25, -0.2) is 0 Å².